The molecule has 2 aromatic rings. The van der Waals surface area contributed by atoms with Gasteiger partial charge in [0.2, 0.25) is 5.91 Å². The maximum absolute atomic E-state index is 12.4. The van der Waals surface area contributed by atoms with E-state index in [1.54, 1.807) is 4.90 Å². The van der Waals surface area contributed by atoms with Crippen molar-refractivity contribution >= 4 is 11.8 Å². The van der Waals surface area contributed by atoms with Crippen LogP contribution < -0.4 is 5.32 Å². The average Bonchev–Trinajstić information content (AvgIpc) is 3.03. The molecule has 2 heterocycles. The van der Waals surface area contributed by atoms with E-state index in [1.165, 1.54) is 0 Å². The minimum Gasteiger partial charge on any atom is -0.347 e. The van der Waals surface area contributed by atoms with Crippen molar-refractivity contribution in [1.82, 2.24) is 20.4 Å². The van der Waals surface area contributed by atoms with Crippen LogP contribution >= 0.6 is 0 Å². The summed E-state index contributed by atoms with van der Waals surface area (Å²) in [5.41, 5.74) is 3.22. The molecule has 0 aliphatic carbocycles. The van der Waals surface area contributed by atoms with Gasteiger partial charge in [-0.25, -0.2) is 0 Å². The molecule has 0 saturated carbocycles. The van der Waals surface area contributed by atoms with Crippen LogP contribution in [0.25, 0.3) is 0 Å². The molecule has 6 heteroatoms. The maximum Gasteiger partial charge on any atom is 0.272 e. The van der Waals surface area contributed by atoms with E-state index in [4.69, 9.17) is 0 Å². The van der Waals surface area contributed by atoms with Gasteiger partial charge in [0.1, 0.15) is 0 Å². The van der Waals surface area contributed by atoms with E-state index < -0.39 is 0 Å². The molecule has 0 atom stereocenters. The number of carbonyl (C=O) groups is 2. The standard InChI is InChI=1S/C17H20N4O2/c1-2-15(22)21-9-8-14-13(11-21)16(20-19-14)17(23)18-10-12-6-4-3-5-7-12/h3-7H,2,8-11H2,1H3,(H,18,23)(H,19,20). The monoisotopic (exact) mass is 312 g/mol. The summed E-state index contributed by atoms with van der Waals surface area (Å²) in [4.78, 5) is 26.1. The smallest absolute Gasteiger partial charge is 0.272 e. The highest BCUT2D eigenvalue weighted by molar-refractivity contribution is 5.94. The van der Waals surface area contributed by atoms with Gasteiger partial charge in [0.05, 0.1) is 0 Å². The molecule has 0 spiro atoms. The maximum atomic E-state index is 12.4. The van der Waals surface area contributed by atoms with Crippen molar-refractivity contribution in [3.63, 3.8) is 0 Å². The number of aromatic nitrogens is 2. The lowest BCUT2D eigenvalue weighted by atomic mass is 10.0. The lowest BCUT2D eigenvalue weighted by Gasteiger charge is -2.26. The third-order valence-corrected chi connectivity index (χ3v) is 4.10. The van der Waals surface area contributed by atoms with Crippen LogP contribution in [0, 0.1) is 0 Å². The first-order valence-electron chi connectivity index (χ1n) is 7.85. The van der Waals surface area contributed by atoms with Gasteiger partial charge < -0.3 is 10.2 Å². The Morgan fingerprint density at radius 2 is 2.09 bits per heavy atom. The minimum absolute atomic E-state index is 0.104. The molecule has 1 aromatic carbocycles. The van der Waals surface area contributed by atoms with Gasteiger partial charge in [-0.3, -0.25) is 14.7 Å². The Morgan fingerprint density at radius 3 is 2.83 bits per heavy atom. The zero-order chi connectivity index (χ0) is 16.2. The van der Waals surface area contributed by atoms with Crippen LogP contribution in [0.1, 0.15) is 40.7 Å². The number of benzene rings is 1. The topological polar surface area (TPSA) is 78.1 Å². The van der Waals surface area contributed by atoms with Crippen molar-refractivity contribution in [2.45, 2.75) is 32.9 Å². The van der Waals surface area contributed by atoms with Crippen molar-refractivity contribution in [2.24, 2.45) is 0 Å². The summed E-state index contributed by atoms with van der Waals surface area (Å²) in [6.45, 7) is 3.43. The Hall–Kier alpha value is -2.63. The number of H-pyrrole nitrogens is 1. The van der Waals surface area contributed by atoms with E-state index in [-0.39, 0.29) is 11.8 Å². The molecule has 0 bridgehead atoms. The van der Waals surface area contributed by atoms with Crippen LogP contribution in [0.15, 0.2) is 30.3 Å². The van der Waals surface area contributed by atoms with E-state index >= 15 is 0 Å². The zero-order valence-corrected chi connectivity index (χ0v) is 13.1. The molecule has 23 heavy (non-hydrogen) atoms. The first kappa shape index (κ1) is 15.3. The predicted molar refractivity (Wildman–Crippen MR) is 85.6 cm³/mol. The van der Waals surface area contributed by atoms with Gasteiger partial charge in [0.15, 0.2) is 5.69 Å². The number of amides is 2. The molecule has 6 nitrogen and oxygen atoms in total. The van der Waals surface area contributed by atoms with Crippen LogP contribution in [0.4, 0.5) is 0 Å². The summed E-state index contributed by atoms with van der Waals surface area (Å²) >= 11 is 0. The van der Waals surface area contributed by atoms with Gasteiger partial charge in [0, 0.05) is 43.7 Å². The number of fused-ring (bicyclic) bond motifs is 1. The number of hydrogen-bond donors (Lipinski definition) is 2. The van der Waals surface area contributed by atoms with Crippen molar-refractivity contribution in [3.05, 3.63) is 52.8 Å². The first-order chi connectivity index (χ1) is 11.2. The molecule has 2 amide bonds. The third-order valence-electron chi connectivity index (χ3n) is 4.10. The number of nitrogens with one attached hydrogen (secondary N) is 2. The van der Waals surface area contributed by atoms with Gasteiger partial charge in [-0.2, -0.15) is 5.10 Å². The Balaban J connectivity index is 1.70. The van der Waals surface area contributed by atoms with Gasteiger partial charge in [-0.05, 0) is 5.56 Å². The molecular formula is C17H20N4O2. The summed E-state index contributed by atoms with van der Waals surface area (Å²) in [6, 6.07) is 9.73. The van der Waals surface area contributed by atoms with Crippen molar-refractivity contribution < 1.29 is 9.59 Å². The fraction of sp³-hybridized carbons (Fsp3) is 0.353. The van der Waals surface area contributed by atoms with Crippen LogP contribution in [0.3, 0.4) is 0 Å². The molecular weight excluding hydrogens is 292 g/mol. The Kier molecular flexibility index (Phi) is 4.41. The Labute approximate surface area is 134 Å². The molecule has 1 aliphatic heterocycles. The van der Waals surface area contributed by atoms with E-state index in [2.05, 4.69) is 15.5 Å². The second kappa shape index (κ2) is 6.64. The van der Waals surface area contributed by atoms with Crippen molar-refractivity contribution in [3.8, 4) is 0 Å². The Bertz CT molecular complexity index is 709. The molecule has 1 aliphatic rings. The van der Waals surface area contributed by atoms with Gasteiger partial charge in [0.25, 0.3) is 5.91 Å². The predicted octanol–water partition coefficient (Wildman–Crippen LogP) is 1.63. The van der Waals surface area contributed by atoms with Crippen LogP contribution in [-0.4, -0.2) is 33.5 Å². The van der Waals surface area contributed by atoms with E-state index in [9.17, 15) is 9.59 Å². The summed E-state index contributed by atoms with van der Waals surface area (Å²) in [6.07, 6.45) is 1.18. The number of rotatable bonds is 4. The highest BCUT2D eigenvalue weighted by atomic mass is 16.2. The van der Waals surface area contributed by atoms with E-state index in [0.717, 1.165) is 16.8 Å². The quantitative estimate of drug-likeness (QED) is 0.901. The molecule has 1 aromatic heterocycles. The average molecular weight is 312 g/mol. The molecule has 3 rings (SSSR count). The van der Waals surface area contributed by atoms with E-state index in [0.29, 0.717) is 38.2 Å². The van der Waals surface area contributed by atoms with Crippen molar-refractivity contribution in [1.29, 1.82) is 0 Å². The van der Waals surface area contributed by atoms with Gasteiger partial charge >= 0.3 is 0 Å². The van der Waals surface area contributed by atoms with Crippen molar-refractivity contribution in [2.75, 3.05) is 6.54 Å². The van der Waals surface area contributed by atoms with Gasteiger partial charge in [-0.1, -0.05) is 37.3 Å². The summed E-state index contributed by atoms with van der Waals surface area (Å²) in [7, 11) is 0. The summed E-state index contributed by atoms with van der Waals surface area (Å²) in [5.74, 6) is -0.107. The number of carbonyl (C=O) groups excluding carboxylic acids is 2. The lowest BCUT2D eigenvalue weighted by molar-refractivity contribution is -0.131. The van der Waals surface area contributed by atoms with Crippen LogP contribution in [0.2, 0.25) is 0 Å². The normalized spacial score (nSPS) is 13.5. The minimum atomic E-state index is -0.211. The highest BCUT2D eigenvalue weighted by Crippen LogP contribution is 2.21. The highest BCUT2D eigenvalue weighted by Gasteiger charge is 2.26. The molecule has 0 unspecified atom stereocenters. The second-order valence-corrected chi connectivity index (χ2v) is 5.62. The van der Waals surface area contributed by atoms with Crippen LogP contribution in [-0.2, 0) is 24.3 Å². The summed E-state index contributed by atoms with van der Waals surface area (Å²) < 4.78 is 0. The SMILES string of the molecule is CCC(=O)N1CCc2[nH]nc(C(=O)NCc3ccccc3)c2C1. The zero-order valence-electron chi connectivity index (χ0n) is 13.1. The second-order valence-electron chi connectivity index (χ2n) is 5.62. The van der Waals surface area contributed by atoms with E-state index in [1.807, 2.05) is 37.3 Å². The van der Waals surface area contributed by atoms with Crippen LogP contribution in [0.5, 0.6) is 0 Å². The fourth-order valence-electron chi connectivity index (χ4n) is 2.78. The number of hydrogen-bond acceptors (Lipinski definition) is 3. The molecule has 0 saturated heterocycles. The molecule has 0 radical (unpaired) electrons. The largest absolute Gasteiger partial charge is 0.347 e. The molecule has 0 fully saturated rings. The number of aromatic amines is 1. The first-order valence-corrected chi connectivity index (χ1v) is 7.85. The lowest BCUT2D eigenvalue weighted by Crippen LogP contribution is -2.36. The Morgan fingerprint density at radius 1 is 1.30 bits per heavy atom. The fourth-order valence-corrected chi connectivity index (χ4v) is 2.78. The summed E-state index contributed by atoms with van der Waals surface area (Å²) in [5, 5.41) is 9.97. The van der Waals surface area contributed by atoms with Gasteiger partial charge in [-0.15, -0.1) is 0 Å². The number of nitrogens with zero attached hydrogens (tertiary/aromatic N) is 2. The molecule has 120 valence electrons. The third kappa shape index (κ3) is 3.26. The molecule has 2 N–H and O–H groups in total.